The van der Waals surface area contributed by atoms with Gasteiger partial charge in [-0.2, -0.15) is 0 Å². The number of hydrogen-bond acceptors (Lipinski definition) is 2. The predicted molar refractivity (Wildman–Crippen MR) is 60.8 cm³/mol. The van der Waals surface area contributed by atoms with E-state index < -0.39 is 0 Å². The second-order valence-corrected chi connectivity index (χ2v) is 4.65. The van der Waals surface area contributed by atoms with E-state index in [0.717, 1.165) is 30.3 Å². The van der Waals surface area contributed by atoms with Crippen molar-refractivity contribution in [3.8, 4) is 0 Å². The molecule has 3 rings (SSSR count). The normalized spacial score (nSPS) is 25.4. The van der Waals surface area contributed by atoms with Gasteiger partial charge in [0.15, 0.2) is 0 Å². The standard InChI is InChI=1S/C13H14FNO/c1-13(4-2-5-15-13)10-7-9-3-6-16-12(9)8-11(10)14/h3,6-8,15H,2,4-5H2,1H3. The van der Waals surface area contributed by atoms with Crippen molar-refractivity contribution in [1.82, 2.24) is 5.32 Å². The van der Waals surface area contributed by atoms with E-state index in [0.29, 0.717) is 5.58 Å². The Morgan fingerprint density at radius 2 is 2.31 bits per heavy atom. The molecule has 0 aliphatic carbocycles. The number of fused-ring (bicyclic) bond motifs is 1. The highest BCUT2D eigenvalue weighted by atomic mass is 19.1. The number of hydrogen-bond donors (Lipinski definition) is 1. The third-order valence-corrected chi connectivity index (χ3v) is 3.51. The Labute approximate surface area is 93.4 Å². The third kappa shape index (κ3) is 1.35. The van der Waals surface area contributed by atoms with Crippen LogP contribution in [0, 0.1) is 5.82 Å². The molecule has 0 radical (unpaired) electrons. The van der Waals surface area contributed by atoms with Crippen molar-refractivity contribution >= 4 is 11.0 Å². The summed E-state index contributed by atoms with van der Waals surface area (Å²) in [7, 11) is 0. The van der Waals surface area contributed by atoms with Crippen molar-refractivity contribution in [3.63, 3.8) is 0 Å². The fourth-order valence-electron chi connectivity index (χ4n) is 2.53. The first-order valence-electron chi connectivity index (χ1n) is 5.61. The summed E-state index contributed by atoms with van der Waals surface area (Å²) in [6, 6.07) is 5.25. The van der Waals surface area contributed by atoms with Crippen LogP contribution in [0.2, 0.25) is 0 Å². The smallest absolute Gasteiger partial charge is 0.136 e. The minimum atomic E-state index is -0.227. The largest absolute Gasteiger partial charge is 0.464 e. The highest BCUT2D eigenvalue weighted by Crippen LogP contribution is 2.34. The van der Waals surface area contributed by atoms with Crippen LogP contribution in [0.15, 0.2) is 28.9 Å². The molecule has 0 amide bonds. The van der Waals surface area contributed by atoms with Crippen molar-refractivity contribution in [3.05, 3.63) is 35.8 Å². The number of furan rings is 1. The zero-order chi connectivity index (χ0) is 11.2. The van der Waals surface area contributed by atoms with E-state index in [4.69, 9.17) is 4.42 Å². The SMILES string of the molecule is CC1(c2cc3ccoc3cc2F)CCCN1. The maximum atomic E-state index is 14.0. The average molecular weight is 219 g/mol. The van der Waals surface area contributed by atoms with Gasteiger partial charge in [-0.05, 0) is 38.4 Å². The summed E-state index contributed by atoms with van der Waals surface area (Å²) in [5.74, 6) is -0.181. The van der Waals surface area contributed by atoms with Gasteiger partial charge >= 0.3 is 0 Å². The lowest BCUT2D eigenvalue weighted by atomic mass is 9.89. The quantitative estimate of drug-likeness (QED) is 0.797. The van der Waals surface area contributed by atoms with Crippen LogP contribution in [-0.2, 0) is 5.54 Å². The minimum Gasteiger partial charge on any atom is -0.464 e. The van der Waals surface area contributed by atoms with Gasteiger partial charge < -0.3 is 9.73 Å². The van der Waals surface area contributed by atoms with Crippen molar-refractivity contribution in [2.45, 2.75) is 25.3 Å². The van der Waals surface area contributed by atoms with Gasteiger partial charge in [0, 0.05) is 22.6 Å². The van der Waals surface area contributed by atoms with E-state index in [9.17, 15) is 4.39 Å². The number of halogens is 1. The van der Waals surface area contributed by atoms with Gasteiger partial charge in [-0.1, -0.05) is 0 Å². The van der Waals surface area contributed by atoms with Crippen LogP contribution in [0.3, 0.4) is 0 Å². The zero-order valence-corrected chi connectivity index (χ0v) is 9.22. The fraction of sp³-hybridized carbons (Fsp3) is 0.385. The molecule has 1 fully saturated rings. The molecule has 1 atom stereocenters. The molecule has 1 aliphatic rings. The lowest BCUT2D eigenvalue weighted by Gasteiger charge is -2.25. The molecule has 84 valence electrons. The van der Waals surface area contributed by atoms with Gasteiger partial charge in [0.25, 0.3) is 0 Å². The number of rotatable bonds is 1. The molecule has 1 aliphatic heterocycles. The van der Waals surface area contributed by atoms with Crippen molar-refractivity contribution < 1.29 is 8.81 Å². The van der Waals surface area contributed by atoms with Crippen LogP contribution in [0.4, 0.5) is 4.39 Å². The molecule has 0 spiro atoms. The molecule has 2 heterocycles. The van der Waals surface area contributed by atoms with Gasteiger partial charge in [0.2, 0.25) is 0 Å². The first-order chi connectivity index (χ1) is 7.69. The molecule has 2 aromatic rings. The van der Waals surface area contributed by atoms with Gasteiger partial charge in [-0.3, -0.25) is 0 Å². The molecule has 1 saturated heterocycles. The van der Waals surface area contributed by atoms with Crippen molar-refractivity contribution in [2.75, 3.05) is 6.54 Å². The second kappa shape index (κ2) is 3.32. The molecule has 0 saturated carbocycles. The number of benzene rings is 1. The van der Waals surface area contributed by atoms with Crippen LogP contribution in [0.1, 0.15) is 25.3 Å². The highest BCUT2D eigenvalue weighted by molar-refractivity contribution is 5.78. The predicted octanol–water partition coefficient (Wildman–Crippen LogP) is 3.17. The topological polar surface area (TPSA) is 25.2 Å². The Kier molecular flexibility index (Phi) is 2.04. The van der Waals surface area contributed by atoms with Gasteiger partial charge in [0.05, 0.1) is 6.26 Å². The molecule has 1 aromatic carbocycles. The van der Waals surface area contributed by atoms with E-state index >= 15 is 0 Å². The Bertz CT molecular complexity index is 526. The molecule has 1 N–H and O–H groups in total. The Morgan fingerprint density at radius 3 is 3.06 bits per heavy atom. The maximum absolute atomic E-state index is 14.0. The summed E-state index contributed by atoms with van der Waals surface area (Å²) in [5.41, 5.74) is 1.14. The van der Waals surface area contributed by atoms with E-state index in [1.54, 1.807) is 6.26 Å². The Morgan fingerprint density at radius 1 is 1.44 bits per heavy atom. The van der Waals surface area contributed by atoms with E-state index in [-0.39, 0.29) is 11.4 Å². The summed E-state index contributed by atoms with van der Waals surface area (Å²) in [6.07, 6.45) is 3.67. The molecular formula is C13H14FNO. The van der Waals surface area contributed by atoms with Crippen LogP contribution < -0.4 is 5.32 Å². The lowest BCUT2D eigenvalue weighted by molar-refractivity contribution is 0.411. The first kappa shape index (κ1) is 9.85. The van der Waals surface area contributed by atoms with Crippen molar-refractivity contribution in [2.24, 2.45) is 0 Å². The molecule has 0 bridgehead atoms. The van der Waals surface area contributed by atoms with Crippen LogP contribution in [-0.4, -0.2) is 6.54 Å². The zero-order valence-electron chi connectivity index (χ0n) is 9.22. The third-order valence-electron chi connectivity index (χ3n) is 3.51. The average Bonchev–Trinajstić information content (AvgIpc) is 2.85. The first-order valence-corrected chi connectivity index (χ1v) is 5.61. The molecular weight excluding hydrogens is 205 g/mol. The number of nitrogens with one attached hydrogen (secondary N) is 1. The van der Waals surface area contributed by atoms with Crippen LogP contribution >= 0.6 is 0 Å². The molecule has 1 unspecified atom stereocenters. The van der Waals surface area contributed by atoms with E-state index in [1.807, 2.05) is 12.1 Å². The summed E-state index contributed by atoms with van der Waals surface area (Å²) in [5, 5.41) is 4.34. The monoisotopic (exact) mass is 219 g/mol. The van der Waals surface area contributed by atoms with Crippen LogP contribution in [0.25, 0.3) is 11.0 Å². The van der Waals surface area contributed by atoms with E-state index in [2.05, 4.69) is 12.2 Å². The van der Waals surface area contributed by atoms with Crippen LogP contribution in [0.5, 0.6) is 0 Å². The van der Waals surface area contributed by atoms with Crippen molar-refractivity contribution in [1.29, 1.82) is 0 Å². The molecule has 3 heteroatoms. The molecule has 16 heavy (non-hydrogen) atoms. The lowest BCUT2D eigenvalue weighted by Crippen LogP contribution is -2.34. The van der Waals surface area contributed by atoms with Gasteiger partial charge in [-0.15, -0.1) is 0 Å². The second-order valence-electron chi connectivity index (χ2n) is 4.65. The molecule has 2 nitrogen and oxygen atoms in total. The summed E-state index contributed by atoms with van der Waals surface area (Å²) in [4.78, 5) is 0. The highest BCUT2D eigenvalue weighted by Gasteiger charge is 2.32. The molecule has 1 aromatic heterocycles. The van der Waals surface area contributed by atoms with Gasteiger partial charge in [-0.25, -0.2) is 4.39 Å². The van der Waals surface area contributed by atoms with E-state index in [1.165, 1.54) is 6.07 Å². The Hall–Kier alpha value is -1.35. The maximum Gasteiger partial charge on any atom is 0.136 e. The summed E-state index contributed by atoms with van der Waals surface area (Å²) < 4.78 is 19.2. The minimum absolute atomic E-state index is 0.181. The summed E-state index contributed by atoms with van der Waals surface area (Å²) >= 11 is 0. The fourth-order valence-corrected chi connectivity index (χ4v) is 2.53. The summed E-state index contributed by atoms with van der Waals surface area (Å²) in [6.45, 7) is 3.02. The van der Waals surface area contributed by atoms with Gasteiger partial charge in [0.1, 0.15) is 11.4 Å². The Balaban J connectivity index is 2.18.